The minimum atomic E-state index is -0.291. The number of hydrogen-bond acceptors (Lipinski definition) is 4. The number of aromatic nitrogens is 3. The summed E-state index contributed by atoms with van der Waals surface area (Å²) in [5.41, 5.74) is 7.02. The molecule has 6 heteroatoms. The lowest BCUT2D eigenvalue weighted by molar-refractivity contribution is 0.296. The molecule has 21 heavy (non-hydrogen) atoms. The van der Waals surface area contributed by atoms with Gasteiger partial charge < -0.3 is 10.5 Å². The second-order valence-electron chi connectivity index (χ2n) is 4.47. The fourth-order valence-corrected chi connectivity index (χ4v) is 1.80. The van der Waals surface area contributed by atoms with Crippen molar-refractivity contribution in [3.05, 3.63) is 60.2 Å². The first-order chi connectivity index (χ1) is 10.2. The summed E-state index contributed by atoms with van der Waals surface area (Å²) in [7, 11) is 0. The van der Waals surface area contributed by atoms with Crippen molar-refractivity contribution in [1.82, 2.24) is 15.2 Å². The molecule has 3 rings (SSSR count). The third-order valence-corrected chi connectivity index (χ3v) is 2.89. The van der Waals surface area contributed by atoms with Gasteiger partial charge >= 0.3 is 0 Å². The van der Waals surface area contributed by atoms with E-state index in [2.05, 4.69) is 15.2 Å². The molecule has 0 aliphatic rings. The van der Waals surface area contributed by atoms with Gasteiger partial charge in [-0.15, -0.1) is 0 Å². The third-order valence-electron chi connectivity index (χ3n) is 2.89. The van der Waals surface area contributed by atoms with Crippen molar-refractivity contribution < 1.29 is 9.13 Å². The Kier molecular flexibility index (Phi) is 3.51. The Morgan fingerprint density at radius 2 is 1.76 bits per heavy atom. The van der Waals surface area contributed by atoms with Gasteiger partial charge in [0.05, 0.1) is 0 Å². The van der Waals surface area contributed by atoms with E-state index in [-0.39, 0.29) is 12.4 Å². The first-order valence-corrected chi connectivity index (χ1v) is 6.36. The standard InChI is InChI=1S/C15H13FN4O/c16-11-3-1-10(2-4-11)15-18-14(19-20-15)9-21-13-7-5-12(17)6-8-13/h1-8H,9,17H2,(H,18,19,20). The highest BCUT2D eigenvalue weighted by Crippen LogP contribution is 2.17. The molecule has 1 aromatic heterocycles. The smallest absolute Gasteiger partial charge is 0.181 e. The van der Waals surface area contributed by atoms with Gasteiger partial charge in [-0.1, -0.05) is 0 Å². The number of nitrogens with one attached hydrogen (secondary N) is 1. The average Bonchev–Trinajstić information content (AvgIpc) is 2.96. The lowest BCUT2D eigenvalue weighted by Gasteiger charge is -2.03. The zero-order valence-electron chi connectivity index (χ0n) is 11.1. The number of ether oxygens (including phenoxy) is 1. The molecule has 0 saturated carbocycles. The molecule has 3 N–H and O–H groups in total. The maximum Gasteiger partial charge on any atom is 0.181 e. The predicted molar refractivity (Wildman–Crippen MR) is 77.0 cm³/mol. The number of nitrogen functional groups attached to an aromatic ring is 1. The van der Waals surface area contributed by atoms with Gasteiger partial charge in [-0.25, -0.2) is 9.37 Å². The summed E-state index contributed by atoms with van der Waals surface area (Å²) in [4.78, 5) is 4.30. The number of aromatic amines is 1. The fraction of sp³-hybridized carbons (Fsp3) is 0.0667. The normalized spacial score (nSPS) is 10.5. The van der Waals surface area contributed by atoms with Crippen LogP contribution in [0.15, 0.2) is 48.5 Å². The van der Waals surface area contributed by atoms with Crippen LogP contribution >= 0.6 is 0 Å². The summed E-state index contributed by atoms with van der Waals surface area (Å²) in [5, 5.41) is 6.88. The number of H-pyrrole nitrogens is 1. The van der Waals surface area contributed by atoms with Crippen LogP contribution in [0.4, 0.5) is 10.1 Å². The lowest BCUT2D eigenvalue weighted by atomic mass is 10.2. The highest BCUT2D eigenvalue weighted by molar-refractivity contribution is 5.54. The van der Waals surface area contributed by atoms with Gasteiger partial charge in [0.1, 0.15) is 18.2 Å². The number of benzene rings is 2. The van der Waals surface area contributed by atoms with Crippen LogP contribution in [0, 0.1) is 5.82 Å². The molecule has 0 saturated heterocycles. The molecule has 0 aliphatic heterocycles. The highest BCUT2D eigenvalue weighted by atomic mass is 19.1. The van der Waals surface area contributed by atoms with Crippen LogP contribution in [0.2, 0.25) is 0 Å². The SMILES string of the molecule is Nc1ccc(OCc2nc(-c3ccc(F)cc3)n[nH]2)cc1. The molecule has 106 valence electrons. The summed E-state index contributed by atoms with van der Waals surface area (Å²) in [5.74, 6) is 1.50. The van der Waals surface area contributed by atoms with Crippen molar-refractivity contribution >= 4 is 5.69 Å². The number of nitrogens with zero attached hydrogens (tertiary/aromatic N) is 2. The van der Waals surface area contributed by atoms with Crippen molar-refractivity contribution in [3.63, 3.8) is 0 Å². The minimum Gasteiger partial charge on any atom is -0.486 e. The molecular formula is C15H13FN4O. The lowest BCUT2D eigenvalue weighted by Crippen LogP contribution is -1.97. The van der Waals surface area contributed by atoms with Crippen LogP contribution in [0.1, 0.15) is 5.82 Å². The molecule has 0 atom stereocenters. The molecule has 2 aromatic carbocycles. The van der Waals surface area contributed by atoms with Crippen LogP contribution < -0.4 is 10.5 Å². The Labute approximate surface area is 120 Å². The molecular weight excluding hydrogens is 271 g/mol. The molecule has 0 spiro atoms. The van der Waals surface area contributed by atoms with Crippen LogP contribution in [-0.2, 0) is 6.61 Å². The summed E-state index contributed by atoms with van der Waals surface area (Å²) in [6.45, 7) is 0.262. The van der Waals surface area contributed by atoms with E-state index < -0.39 is 0 Å². The molecule has 0 fully saturated rings. The number of hydrogen-bond donors (Lipinski definition) is 2. The van der Waals surface area contributed by atoms with E-state index in [1.165, 1.54) is 12.1 Å². The Morgan fingerprint density at radius 3 is 2.48 bits per heavy atom. The van der Waals surface area contributed by atoms with Crippen LogP contribution in [-0.4, -0.2) is 15.2 Å². The average molecular weight is 284 g/mol. The van der Waals surface area contributed by atoms with Crippen LogP contribution in [0.25, 0.3) is 11.4 Å². The molecule has 1 heterocycles. The zero-order chi connectivity index (χ0) is 14.7. The maximum absolute atomic E-state index is 12.9. The number of anilines is 1. The predicted octanol–water partition coefficient (Wildman–Crippen LogP) is 2.77. The van der Waals surface area contributed by atoms with Crippen molar-refractivity contribution in [2.45, 2.75) is 6.61 Å². The van der Waals surface area contributed by atoms with E-state index in [0.717, 1.165) is 5.56 Å². The van der Waals surface area contributed by atoms with Crippen molar-refractivity contribution in [2.75, 3.05) is 5.73 Å². The Bertz CT molecular complexity index is 722. The van der Waals surface area contributed by atoms with Gasteiger partial charge in [0.2, 0.25) is 0 Å². The van der Waals surface area contributed by atoms with Gasteiger partial charge in [-0.2, -0.15) is 5.10 Å². The van der Waals surface area contributed by atoms with Gasteiger partial charge in [0.15, 0.2) is 11.6 Å². The molecule has 5 nitrogen and oxygen atoms in total. The van der Waals surface area contributed by atoms with E-state index in [4.69, 9.17) is 10.5 Å². The van der Waals surface area contributed by atoms with Gasteiger partial charge in [0.25, 0.3) is 0 Å². The van der Waals surface area contributed by atoms with E-state index in [9.17, 15) is 4.39 Å². The second-order valence-corrected chi connectivity index (χ2v) is 4.47. The van der Waals surface area contributed by atoms with E-state index in [1.54, 1.807) is 36.4 Å². The van der Waals surface area contributed by atoms with E-state index >= 15 is 0 Å². The Balaban J connectivity index is 1.67. The van der Waals surface area contributed by atoms with Gasteiger partial charge in [0, 0.05) is 11.3 Å². The quantitative estimate of drug-likeness (QED) is 0.722. The highest BCUT2D eigenvalue weighted by Gasteiger charge is 2.06. The molecule has 0 radical (unpaired) electrons. The molecule has 3 aromatic rings. The molecule has 0 amide bonds. The van der Waals surface area contributed by atoms with Crippen LogP contribution in [0.5, 0.6) is 5.75 Å². The van der Waals surface area contributed by atoms with E-state index in [1.807, 2.05) is 0 Å². The molecule has 0 unspecified atom stereocenters. The van der Waals surface area contributed by atoms with Gasteiger partial charge in [-0.05, 0) is 48.5 Å². The van der Waals surface area contributed by atoms with Crippen molar-refractivity contribution in [1.29, 1.82) is 0 Å². The monoisotopic (exact) mass is 284 g/mol. The van der Waals surface area contributed by atoms with Crippen LogP contribution in [0.3, 0.4) is 0 Å². The maximum atomic E-state index is 12.9. The first kappa shape index (κ1) is 13.1. The Morgan fingerprint density at radius 1 is 1.05 bits per heavy atom. The van der Waals surface area contributed by atoms with E-state index in [0.29, 0.717) is 23.1 Å². The van der Waals surface area contributed by atoms with Gasteiger partial charge in [-0.3, -0.25) is 5.10 Å². The topological polar surface area (TPSA) is 76.8 Å². The number of halogens is 1. The van der Waals surface area contributed by atoms with Crippen molar-refractivity contribution in [3.8, 4) is 17.1 Å². The first-order valence-electron chi connectivity index (χ1n) is 6.36. The summed E-state index contributed by atoms with van der Waals surface area (Å²) >= 11 is 0. The molecule has 0 aliphatic carbocycles. The Hall–Kier alpha value is -2.89. The van der Waals surface area contributed by atoms with Crippen molar-refractivity contribution in [2.24, 2.45) is 0 Å². The third kappa shape index (κ3) is 3.17. The second kappa shape index (κ2) is 5.62. The summed E-state index contributed by atoms with van der Waals surface area (Å²) in [6.07, 6.45) is 0. The molecule has 0 bridgehead atoms. The number of nitrogens with two attached hydrogens (primary N) is 1. The summed E-state index contributed by atoms with van der Waals surface area (Å²) in [6, 6.07) is 13.1. The fourth-order valence-electron chi connectivity index (χ4n) is 1.80. The number of rotatable bonds is 4. The zero-order valence-corrected chi connectivity index (χ0v) is 11.1. The summed E-state index contributed by atoms with van der Waals surface area (Å²) < 4.78 is 18.4. The minimum absolute atomic E-state index is 0.262. The largest absolute Gasteiger partial charge is 0.486 e.